The van der Waals surface area contributed by atoms with E-state index in [1.165, 1.54) is 20.1 Å². The summed E-state index contributed by atoms with van der Waals surface area (Å²) in [6, 6.07) is 9.10. The van der Waals surface area contributed by atoms with Crippen molar-refractivity contribution < 1.29 is 18.3 Å². The summed E-state index contributed by atoms with van der Waals surface area (Å²) in [5, 5.41) is 10.9. The van der Waals surface area contributed by atoms with E-state index in [0.717, 1.165) is 11.0 Å². The number of rotatable bonds is 7. The lowest BCUT2D eigenvalue weighted by Crippen LogP contribution is -2.43. The Bertz CT molecular complexity index is 509. The molecule has 2 N–H and O–H groups in total. The molecule has 5 nitrogen and oxygen atoms in total. The van der Waals surface area contributed by atoms with Gasteiger partial charge in [0.15, 0.2) is 0 Å². The lowest BCUT2D eigenvalue weighted by atomic mass is 10.1. The number of aliphatic hydroxyl groups is 1. The number of nitrogens with one attached hydrogen (secondary N) is 1. The summed E-state index contributed by atoms with van der Waals surface area (Å²) in [4.78, 5) is 0. The fourth-order valence-electron chi connectivity index (χ4n) is 1.40. The monoisotopic (exact) mass is 285 g/mol. The zero-order valence-electron chi connectivity index (χ0n) is 11.0. The van der Waals surface area contributed by atoms with Gasteiger partial charge in [0, 0.05) is 19.1 Å². The lowest BCUT2D eigenvalue weighted by Gasteiger charge is -2.21. The van der Waals surface area contributed by atoms with Crippen LogP contribution in [0.3, 0.4) is 0 Å². The van der Waals surface area contributed by atoms with Crippen molar-refractivity contribution in [3.63, 3.8) is 0 Å². The Morgan fingerprint density at radius 3 is 2.58 bits per heavy atom. The van der Waals surface area contributed by atoms with Crippen LogP contribution in [-0.4, -0.2) is 39.4 Å². The van der Waals surface area contributed by atoms with E-state index in [9.17, 15) is 13.5 Å². The van der Waals surface area contributed by atoms with Crippen molar-refractivity contribution >= 4 is 16.1 Å². The molecule has 0 unspecified atom stereocenters. The topological polar surface area (TPSA) is 75.6 Å². The zero-order chi connectivity index (χ0) is 14.4. The molecule has 1 atom stereocenters. The Labute approximate surface area is 114 Å². The van der Waals surface area contributed by atoms with Crippen LogP contribution in [0, 0.1) is 0 Å². The van der Waals surface area contributed by atoms with Crippen molar-refractivity contribution in [2.45, 2.75) is 12.5 Å². The molecule has 0 amide bonds. The second-order valence-corrected chi connectivity index (χ2v) is 6.16. The highest BCUT2D eigenvalue weighted by Gasteiger charge is 2.22. The van der Waals surface area contributed by atoms with Gasteiger partial charge in [-0.05, 0) is 18.6 Å². The van der Waals surface area contributed by atoms with Gasteiger partial charge in [0.05, 0.1) is 12.2 Å². The van der Waals surface area contributed by atoms with Gasteiger partial charge in [-0.1, -0.05) is 30.3 Å². The maximum Gasteiger partial charge on any atom is 0.233 e. The van der Waals surface area contributed by atoms with Gasteiger partial charge in [0.1, 0.15) is 0 Å². The first-order valence-electron chi connectivity index (χ1n) is 5.79. The Kier molecular flexibility index (Phi) is 5.68. The average molecular weight is 285 g/mol. The molecule has 0 aromatic heterocycles. The molecule has 1 aromatic carbocycles. The number of sulfonamides is 1. The van der Waals surface area contributed by atoms with Crippen molar-refractivity contribution in [3.05, 3.63) is 41.3 Å². The van der Waals surface area contributed by atoms with E-state index in [0.29, 0.717) is 0 Å². The van der Waals surface area contributed by atoms with Gasteiger partial charge in [-0.3, -0.25) is 0 Å². The second-order valence-electron chi connectivity index (χ2n) is 4.51. The van der Waals surface area contributed by atoms with E-state index in [2.05, 4.69) is 4.72 Å². The van der Waals surface area contributed by atoms with Gasteiger partial charge >= 0.3 is 0 Å². The first-order chi connectivity index (χ1) is 8.85. The van der Waals surface area contributed by atoms with Crippen molar-refractivity contribution in [1.29, 1.82) is 0 Å². The first-order valence-corrected chi connectivity index (χ1v) is 7.33. The van der Waals surface area contributed by atoms with Crippen LogP contribution in [-0.2, 0) is 14.8 Å². The highest BCUT2D eigenvalue weighted by Crippen LogP contribution is 2.05. The summed E-state index contributed by atoms with van der Waals surface area (Å²) in [5.41, 5.74) is -0.445. The molecule has 0 aliphatic heterocycles. The Hall–Kier alpha value is -1.21. The fourth-order valence-corrected chi connectivity index (χ4v) is 2.34. The van der Waals surface area contributed by atoms with E-state index < -0.39 is 15.6 Å². The minimum Gasteiger partial charge on any atom is -0.386 e. The minimum atomic E-state index is -3.58. The van der Waals surface area contributed by atoms with E-state index in [1.54, 1.807) is 12.1 Å². The molecule has 0 radical (unpaired) electrons. The predicted molar refractivity (Wildman–Crippen MR) is 74.9 cm³/mol. The molecule has 0 heterocycles. The molecule has 0 aliphatic rings. The lowest BCUT2D eigenvalue weighted by molar-refractivity contribution is -0.0119. The summed E-state index contributed by atoms with van der Waals surface area (Å²) >= 11 is 0. The second kappa shape index (κ2) is 6.81. The fraction of sp³-hybridized carbons (Fsp3) is 0.385. The predicted octanol–water partition coefficient (Wildman–Crippen LogP) is 0.974. The SMILES string of the molecule is COC[C@@](C)(O)CNS(=O)(=O)/C=C/c1ccccc1. The highest BCUT2D eigenvalue weighted by molar-refractivity contribution is 7.92. The Morgan fingerprint density at radius 2 is 2.00 bits per heavy atom. The Morgan fingerprint density at radius 1 is 1.37 bits per heavy atom. The quantitative estimate of drug-likeness (QED) is 0.783. The van der Waals surface area contributed by atoms with Crippen molar-refractivity contribution in [1.82, 2.24) is 4.72 Å². The van der Waals surface area contributed by atoms with E-state index in [4.69, 9.17) is 4.74 Å². The Balaban J connectivity index is 2.60. The maximum absolute atomic E-state index is 11.7. The maximum atomic E-state index is 11.7. The highest BCUT2D eigenvalue weighted by atomic mass is 32.2. The van der Waals surface area contributed by atoms with Crippen LogP contribution in [0.4, 0.5) is 0 Å². The molecule has 1 rings (SSSR count). The molecule has 0 fully saturated rings. The molecule has 19 heavy (non-hydrogen) atoms. The molecule has 0 aliphatic carbocycles. The molecular formula is C13H19NO4S. The van der Waals surface area contributed by atoms with E-state index >= 15 is 0 Å². The zero-order valence-corrected chi connectivity index (χ0v) is 11.9. The van der Waals surface area contributed by atoms with Crippen molar-refractivity contribution in [2.75, 3.05) is 20.3 Å². The standard InChI is InChI=1S/C13H19NO4S/c1-13(15,11-18-2)10-14-19(16,17)9-8-12-6-4-3-5-7-12/h3-9,14-15H,10-11H2,1-2H3/b9-8+/t13-/m0/s1. The van der Waals surface area contributed by atoms with E-state index in [1.807, 2.05) is 18.2 Å². The minimum absolute atomic E-state index is 0.0535. The third kappa shape index (κ3) is 6.49. The molecule has 6 heteroatoms. The van der Waals surface area contributed by atoms with Gasteiger partial charge in [-0.25, -0.2) is 13.1 Å². The average Bonchev–Trinajstić information content (AvgIpc) is 2.36. The third-order valence-corrected chi connectivity index (χ3v) is 3.39. The van der Waals surface area contributed by atoms with Gasteiger partial charge in [0.2, 0.25) is 10.0 Å². The summed E-state index contributed by atoms with van der Waals surface area (Å²) in [7, 11) is -2.13. The molecule has 1 aromatic rings. The summed E-state index contributed by atoms with van der Waals surface area (Å²) in [6.45, 7) is 1.44. The van der Waals surface area contributed by atoms with Crippen LogP contribution in [0.5, 0.6) is 0 Å². The number of benzene rings is 1. The van der Waals surface area contributed by atoms with Crippen LogP contribution in [0.25, 0.3) is 6.08 Å². The van der Waals surface area contributed by atoms with E-state index in [-0.39, 0.29) is 13.2 Å². The van der Waals surface area contributed by atoms with Crippen molar-refractivity contribution in [3.8, 4) is 0 Å². The van der Waals surface area contributed by atoms with Crippen LogP contribution in [0.15, 0.2) is 35.7 Å². The third-order valence-electron chi connectivity index (χ3n) is 2.35. The van der Waals surface area contributed by atoms with Crippen LogP contribution in [0.1, 0.15) is 12.5 Å². The molecular weight excluding hydrogens is 266 g/mol. The van der Waals surface area contributed by atoms with Gasteiger partial charge in [-0.15, -0.1) is 0 Å². The summed E-state index contributed by atoms with van der Waals surface area (Å²) < 4.78 is 30.5. The number of hydrogen-bond donors (Lipinski definition) is 2. The molecule has 0 bridgehead atoms. The molecule has 0 spiro atoms. The van der Waals surface area contributed by atoms with Crippen LogP contribution < -0.4 is 4.72 Å². The number of ether oxygens (including phenoxy) is 1. The largest absolute Gasteiger partial charge is 0.386 e. The van der Waals surface area contributed by atoms with Crippen molar-refractivity contribution in [2.24, 2.45) is 0 Å². The van der Waals surface area contributed by atoms with Crippen LogP contribution in [0.2, 0.25) is 0 Å². The molecule has 0 saturated heterocycles. The first kappa shape index (κ1) is 15.8. The molecule has 106 valence electrons. The van der Waals surface area contributed by atoms with Crippen LogP contribution >= 0.6 is 0 Å². The van der Waals surface area contributed by atoms with Gasteiger partial charge < -0.3 is 9.84 Å². The number of hydrogen-bond acceptors (Lipinski definition) is 4. The smallest absolute Gasteiger partial charge is 0.233 e. The molecule has 0 saturated carbocycles. The van der Waals surface area contributed by atoms with Gasteiger partial charge in [0.25, 0.3) is 0 Å². The normalized spacial score (nSPS) is 15.5. The summed E-state index contributed by atoms with van der Waals surface area (Å²) in [5.74, 6) is 0. The number of methoxy groups -OCH3 is 1. The van der Waals surface area contributed by atoms with Gasteiger partial charge in [-0.2, -0.15) is 0 Å². The summed E-state index contributed by atoms with van der Waals surface area (Å²) in [6.07, 6.45) is 1.49.